The van der Waals surface area contributed by atoms with Gasteiger partial charge in [0.05, 0.1) is 16.9 Å². The monoisotopic (exact) mass is 359 g/mol. The van der Waals surface area contributed by atoms with Crippen molar-refractivity contribution in [3.63, 3.8) is 0 Å². The van der Waals surface area contributed by atoms with E-state index < -0.39 is 0 Å². The molecule has 25 heavy (non-hydrogen) atoms. The van der Waals surface area contributed by atoms with E-state index in [0.717, 1.165) is 25.7 Å². The van der Waals surface area contributed by atoms with E-state index in [2.05, 4.69) is 15.6 Å². The maximum absolute atomic E-state index is 12.7. The number of para-hydroxylation sites is 1. The van der Waals surface area contributed by atoms with E-state index in [1.165, 1.54) is 11.1 Å². The minimum absolute atomic E-state index is 0.171. The summed E-state index contributed by atoms with van der Waals surface area (Å²) in [6.45, 7) is 0. The summed E-state index contributed by atoms with van der Waals surface area (Å²) in [6, 6.07) is 7.81. The molecule has 1 aromatic carbocycles. The molecule has 2 saturated carbocycles. The van der Waals surface area contributed by atoms with Crippen LogP contribution in [0.25, 0.3) is 5.69 Å². The van der Waals surface area contributed by atoms with Crippen molar-refractivity contribution in [3.05, 3.63) is 41.2 Å². The Balaban J connectivity index is 1.50. The molecule has 1 aromatic heterocycles. The SMILES string of the molecule is NC1CC2CCCC(C1)C2NC(=O)c1cn(-c2ccccc2Cl)nn1. The van der Waals surface area contributed by atoms with Crippen molar-refractivity contribution in [1.29, 1.82) is 0 Å². The molecule has 2 aromatic rings. The molecule has 2 atom stereocenters. The van der Waals surface area contributed by atoms with Crippen molar-refractivity contribution in [2.75, 3.05) is 0 Å². The molecule has 1 amide bonds. The molecule has 132 valence electrons. The first-order chi connectivity index (χ1) is 12.1. The van der Waals surface area contributed by atoms with E-state index in [9.17, 15) is 4.79 Å². The first-order valence-corrected chi connectivity index (χ1v) is 9.23. The average molecular weight is 360 g/mol. The lowest BCUT2D eigenvalue weighted by molar-refractivity contribution is 0.0751. The van der Waals surface area contributed by atoms with Crippen molar-refractivity contribution in [1.82, 2.24) is 20.3 Å². The van der Waals surface area contributed by atoms with Gasteiger partial charge < -0.3 is 11.1 Å². The van der Waals surface area contributed by atoms with Gasteiger partial charge in [0.1, 0.15) is 0 Å². The average Bonchev–Trinajstić information content (AvgIpc) is 3.06. The normalized spacial score (nSPS) is 28.6. The van der Waals surface area contributed by atoms with Crippen LogP contribution in [0.15, 0.2) is 30.5 Å². The summed E-state index contributed by atoms with van der Waals surface area (Å²) in [6.07, 6.45) is 7.13. The molecule has 7 heteroatoms. The topological polar surface area (TPSA) is 85.8 Å². The number of nitrogens with zero attached hydrogens (tertiary/aromatic N) is 3. The fourth-order valence-electron chi connectivity index (χ4n) is 4.37. The second-order valence-corrected chi connectivity index (χ2v) is 7.59. The third-order valence-electron chi connectivity index (χ3n) is 5.50. The van der Waals surface area contributed by atoms with Crippen LogP contribution in [0.2, 0.25) is 5.02 Å². The molecule has 0 saturated heterocycles. The Kier molecular flexibility index (Phi) is 4.48. The molecule has 2 aliphatic carbocycles. The summed E-state index contributed by atoms with van der Waals surface area (Å²) in [5.74, 6) is 0.783. The molecule has 0 radical (unpaired) electrons. The van der Waals surface area contributed by atoms with Crippen LogP contribution < -0.4 is 11.1 Å². The first-order valence-electron chi connectivity index (χ1n) is 8.85. The molecular weight excluding hydrogens is 338 g/mol. The molecule has 6 nitrogen and oxygen atoms in total. The van der Waals surface area contributed by atoms with Crippen LogP contribution in [0.5, 0.6) is 0 Å². The van der Waals surface area contributed by atoms with Crippen molar-refractivity contribution in [2.24, 2.45) is 17.6 Å². The number of rotatable bonds is 3. The molecule has 2 aliphatic rings. The summed E-state index contributed by atoms with van der Waals surface area (Å²) in [4.78, 5) is 12.7. The van der Waals surface area contributed by atoms with Crippen LogP contribution >= 0.6 is 11.6 Å². The molecule has 4 rings (SSSR count). The minimum atomic E-state index is -0.171. The molecule has 2 fully saturated rings. The zero-order chi connectivity index (χ0) is 17.4. The highest BCUT2D eigenvalue weighted by Crippen LogP contribution is 2.39. The number of benzene rings is 1. The predicted octanol–water partition coefficient (Wildman–Crippen LogP) is 2.56. The van der Waals surface area contributed by atoms with E-state index in [4.69, 9.17) is 17.3 Å². The van der Waals surface area contributed by atoms with Gasteiger partial charge in [0, 0.05) is 12.1 Å². The number of nitrogens with two attached hydrogens (primary N) is 1. The molecule has 1 heterocycles. The van der Waals surface area contributed by atoms with Gasteiger partial charge in [-0.1, -0.05) is 35.4 Å². The van der Waals surface area contributed by atoms with Crippen LogP contribution in [0.1, 0.15) is 42.6 Å². The zero-order valence-corrected chi connectivity index (χ0v) is 14.7. The Labute approximate surface area is 151 Å². The maximum atomic E-state index is 12.7. The van der Waals surface area contributed by atoms with Crippen LogP contribution in [0, 0.1) is 11.8 Å². The van der Waals surface area contributed by atoms with Gasteiger partial charge in [-0.2, -0.15) is 0 Å². The lowest BCUT2D eigenvalue weighted by atomic mass is 9.67. The van der Waals surface area contributed by atoms with Gasteiger partial charge in [-0.25, -0.2) is 4.68 Å². The fraction of sp³-hybridized carbons (Fsp3) is 0.500. The predicted molar refractivity (Wildman–Crippen MR) is 95.7 cm³/mol. The van der Waals surface area contributed by atoms with Gasteiger partial charge in [0.25, 0.3) is 5.91 Å². The van der Waals surface area contributed by atoms with Crippen LogP contribution in [-0.2, 0) is 0 Å². The number of carbonyl (C=O) groups excluding carboxylic acids is 1. The van der Waals surface area contributed by atoms with Crippen molar-refractivity contribution >= 4 is 17.5 Å². The van der Waals surface area contributed by atoms with Gasteiger partial charge >= 0.3 is 0 Å². The van der Waals surface area contributed by atoms with Crippen LogP contribution in [0.4, 0.5) is 0 Å². The number of nitrogens with one attached hydrogen (secondary N) is 1. The summed E-state index contributed by atoms with van der Waals surface area (Å²) in [5.41, 5.74) is 7.18. The number of hydrogen-bond acceptors (Lipinski definition) is 4. The third-order valence-corrected chi connectivity index (χ3v) is 5.82. The Bertz CT molecular complexity index is 762. The number of carbonyl (C=O) groups is 1. The van der Waals surface area contributed by atoms with E-state index in [1.54, 1.807) is 12.3 Å². The number of halogens is 1. The molecule has 2 bridgehead atoms. The van der Waals surface area contributed by atoms with Crippen molar-refractivity contribution in [2.45, 2.75) is 44.2 Å². The van der Waals surface area contributed by atoms with Crippen LogP contribution in [-0.4, -0.2) is 33.0 Å². The van der Waals surface area contributed by atoms with Gasteiger partial charge in [0.15, 0.2) is 5.69 Å². The van der Waals surface area contributed by atoms with Crippen molar-refractivity contribution < 1.29 is 4.79 Å². The lowest BCUT2D eigenvalue weighted by Gasteiger charge is -2.45. The van der Waals surface area contributed by atoms with Gasteiger partial charge in [-0.05, 0) is 49.7 Å². The number of aromatic nitrogens is 3. The van der Waals surface area contributed by atoms with Gasteiger partial charge in [-0.15, -0.1) is 5.10 Å². The molecule has 0 aliphatic heterocycles. The Morgan fingerprint density at radius 3 is 2.68 bits per heavy atom. The standard InChI is InChI=1S/C18H22ClN5O/c19-14-6-1-2-7-16(14)24-10-15(22-23-24)18(25)21-17-11-4-3-5-12(17)9-13(20)8-11/h1-2,6-7,10-13,17H,3-5,8-9,20H2,(H,21,25). The number of hydrogen-bond donors (Lipinski definition) is 2. The van der Waals surface area contributed by atoms with E-state index in [-0.39, 0.29) is 18.0 Å². The maximum Gasteiger partial charge on any atom is 0.273 e. The summed E-state index contributed by atoms with van der Waals surface area (Å²) in [7, 11) is 0. The fourth-order valence-corrected chi connectivity index (χ4v) is 4.60. The van der Waals surface area contributed by atoms with Crippen LogP contribution in [0.3, 0.4) is 0 Å². The zero-order valence-electron chi connectivity index (χ0n) is 13.9. The van der Waals surface area contributed by atoms with E-state index in [1.807, 2.05) is 18.2 Å². The Morgan fingerprint density at radius 2 is 1.96 bits per heavy atom. The molecular formula is C18H22ClN5O. The van der Waals surface area contributed by atoms with Gasteiger partial charge in [-0.3, -0.25) is 4.79 Å². The van der Waals surface area contributed by atoms with Crippen molar-refractivity contribution in [3.8, 4) is 5.69 Å². The van der Waals surface area contributed by atoms with E-state index in [0.29, 0.717) is 28.2 Å². The summed E-state index contributed by atoms with van der Waals surface area (Å²) < 4.78 is 1.54. The highest BCUT2D eigenvalue weighted by molar-refractivity contribution is 6.32. The quantitative estimate of drug-likeness (QED) is 0.881. The first kappa shape index (κ1) is 16.5. The second kappa shape index (κ2) is 6.77. The lowest BCUT2D eigenvalue weighted by Crippen LogP contribution is -2.53. The number of fused-ring (bicyclic) bond motifs is 2. The molecule has 0 spiro atoms. The molecule has 3 N–H and O–H groups in total. The van der Waals surface area contributed by atoms with E-state index >= 15 is 0 Å². The third kappa shape index (κ3) is 3.28. The molecule has 2 unspecified atom stereocenters. The summed E-state index contributed by atoms with van der Waals surface area (Å²) in [5, 5.41) is 11.8. The minimum Gasteiger partial charge on any atom is -0.347 e. The Morgan fingerprint density at radius 1 is 1.24 bits per heavy atom. The van der Waals surface area contributed by atoms with Gasteiger partial charge in [0.2, 0.25) is 0 Å². The second-order valence-electron chi connectivity index (χ2n) is 7.18. The Hall–Kier alpha value is -1.92. The summed E-state index contributed by atoms with van der Waals surface area (Å²) >= 11 is 6.18. The highest BCUT2D eigenvalue weighted by Gasteiger charge is 2.40. The smallest absolute Gasteiger partial charge is 0.273 e. The number of amides is 1. The largest absolute Gasteiger partial charge is 0.347 e. The highest BCUT2D eigenvalue weighted by atomic mass is 35.5.